The highest BCUT2D eigenvalue weighted by Crippen LogP contribution is 2.11. The number of hydrogen-bond acceptors (Lipinski definition) is 2. The van der Waals surface area contributed by atoms with Crippen molar-refractivity contribution in [1.29, 1.82) is 0 Å². The molecule has 1 amide bonds. The minimum Gasteiger partial charge on any atom is -0.508 e. The second-order valence-electron chi connectivity index (χ2n) is 4.03. The van der Waals surface area contributed by atoms with Crippen molar-refractivity contribution in [2.24, 2.45) is 5.92 Å². The summed E-state index contributed by atoms with van der Waals surface area (Å²) in [5.41, 5.74) is 0.560. The zero-order chi connectivity index (χ0) is 12.1. The molecule has 4 heteroatoms. The van der Waals surface area contributed by atoms with Crippen molar-refractivity contribution >= 4 is 21.8 Å². The molecule has 1 aromatic rings. The van der Waals surface area contributed by atoms with Crippen molar-refractivity contribution in [1.82, 2.24) is 5.32 Å². The molecule has 16 heavy (non-hydrogen) atoms. The van der Waals surface area contributed by atoms with Crippen LogP contribution in [0.4, 0.5) is 0 Å². The number of rotatable bonds is 4. The maximum absolute atomic E-state index is 11.8. The van der Waals surface area contributed by atoms with Crippen molar-refractivity contribution in [2.45, 2.75) is 19.9 Å². The Morgan fingerprint density at radius 2 is 1.94 bits per heavy atom. The number of hydrogen-bond donors (Lipinski definition) is 2. The van der Waals surface area contributed by atoms with Gasteiger partial charge in [0.1, 0.15) is 5.75 Å². The predicted octanol–water partition coefficient (Wildman–Crippen LogP) is 2.54. The van der Waals surface area contributed by atoms with Crippen molar-refractivity contribution in [3.8, 4) is 5.75 Å². The van der Waals surface area contributed by atoms with Crippen LogP contribution in [0.1, 0.15) is 24.2 Å². The highest BCUT2D eigenvalue weighted by Gasteiger charge is 2.15. The third kappa shape index (κ3) is 3.52. The fraction of sp³-hybridized carbons (Fsp3) is 0.417. The number of alkyl halides is 1. The third-order valence-corrected chi connectivity index (χ3v) is 3.11. The van der Waals surface area contributed by atoms with Crippen LogP contribution in [0, 0.1) is 5.92 Å². The lowest BCUT2D eigenvalue weighted by atomic mass is 10.1. The number of phenols is 1. The van der Waals surface area contributed by atoms with Gasteiger partial charge in [0.2, 0.25) is 0 Å². The lowest BCUT2D eigenvalue weighted by Crippen LogP contribution is -2.39. The van der Waals surface area contributed by atoms with E-state index >= 15 is 0 Å². The van der Waals surface area contributed by atoms with E-state index in [2.05, 4.69) is 35.1 Å². The number of halogens is 1. The fourth-order valence-corrected chi connectivity index (χ4v) is 2.16. The monoisotopic (exact) mass is 285 g/mol. The van der Waals surface area contributed by atoms with Crippen LogP contribution in [-0.2, 0) is 0 Å². The topological polar surface area (TPSA) is 49.3 Å². The van der Waals surface area contributed by atoms with Gasteiger partial charge < -0.3 is 10.4 Å². The summed E-state index contributed by atoms with van der Waals surface area (Å²) in [6, 6.07) is 6.34. The summed E-state index contributed by atoms with van der Waals surface area (Å²) >= 11 is 3.37. The molecule has 0 spiro atoms. The SMILES string of the molecule is CC(C)C(CBr)NC(=O)c1ccc(O)cc1. The normalized spacial score (nSPS) is 12.5. The first kappa shape index (κ1) is 13.0. The van der Waals surface area contributed by atoms with Crippen LogP contribution in [0.15, 0.2) is 24.3 Å². The Labute approximate surface area is 104 Å². The van der Waals surface area contributed by atoms with Crippen LogP contribution >= 0.6 is 15.9 Å². The molecule has 0 saturated heterocycles. The van der Waals surface area contributed by atoms with Crippen molar-refractivity contribution in [3.63, 3.8) is 0 Å². The summed E-state index contributed by atoms with van der Waals surface area (Å²) in [4.78, 5) is 11.8. The molecule has 0 aliphatic heterocycles. The van der Waals surface area contributed by atoms with Crippen LogP contribution in [-0.4, -0.2) is 22.4 Å². The number of amides is 1. The number of aromatic hydroxyl groups is 1. The Balaban J connectivity index is 2.68. The molecule has 1 atom stereocenters. The van der Waals surface area contributed by atoms with E-state index in [4.69, 9.17) is 5.11 Å². The zero-order valence-electron chi connectivity index (χ0n) is 9.40. The summed E-state index contributed by atoms with van der Waals surface area (Å²) in [7, 11) is 0. The van der Waals surface area contributed by atoms with Gasteiger partial charge in [-0.05, 0) is 30.2 Å². The molecule has 0 aromatic heterocycles. The van der Waals surface area contributed by atoms with E-state index < -0.39 is 0 Å². The van der Waals surface area contributed by atoms with Crippen LogP contribution in [0.25, 0.3) is 0 Å². The van der Waals surface area contributed by atoms with Crippen LogP contribution in [0.3, 0.4) is 0 Å². The molecule has 1 aromatic carbocycles. The molecule has 3 nitrogen and oxygen atoms in total. The highest BCUT2D eigenvalue weighted by atomic mass is 79.9. The Kier molecular flexibility index (Phi) is 4.80. The molecule has 0 aliphatic rings. The van der Waals surface area contributed by atoms with Gasteiger partial charge in [0.15, 0.2) is 0 Å². The molecule has 2 N–H and O–H groups in total. The smallest absolute Gasteiger partial charge is 0.251 e. The lowest BCUT2D eigenvalue weighted by Gasteiger charge is -2.19. The van der Waals surface area contributed by atoms with E-state index in [1.54, 1.807) is 12.1 Å². The average Bonchev–Trinajstić information content (AvgIpc) is 2.26. The summed E-state index contributed by atoms with van der Waals surface area (Å²) in [6.45, 7) is 4.12. The number of nitrogens with one attached hydrogen (secondary N) is 1. The average molecular weight is 286 g/mol. The number of carbonyl (C=O) groups is 1. The van der Waals surface area contributed by atoms with E-state index in [0.717, 1.165) is 5.33 Å². The molecule has 0 fully saturated rings. The van der Waals surface area contributed by atoms with E-state index in [1.165, 1.54) is 12.1 Å². The van der Waals surface area contributed by atoms with Crippen LogP contribution in [0.2, 0.25) is 0 Å². The molecule has 88 valence electrons. The van der Waals surface area contributed by atoms with Gasteiger partial charge >= 0.3 is 0 Å². The van der Waals surface area contributed by atoms with Gasteiger partial charge in [-0.3, -0.25) is 4.79 Å². The Bertz CT molecular complexity index is 349. The fourth-order valence-electron chi connectivity index (χ4n) is 1.25. The highest BCUT2D eigenvalue weighted by molar-refractivity contribution is 9.09. The lowest BCUT2D eigenvalue weighted by molar-refractivity contribution is 0.0932. The van der Waals surface area contributed by atoms with Gasteiger partial charge in [-0.15, -0.1) is 0 Å². The molecule has 0 aliphatic carbocycles. The maximum atomic E-state index is 11.8. The standard InChI is InChI=1S/C12H16BrNO2/c1-8(2)11(7-13)14-12(16)9-3-5-10(15)6-4-9/h3-6,8,11,15H,7H2,1-2H3,(H,14,16). The largest absolute Gasteiger partial charge is 0.508 e. The molecule has 0 heterocycles. The molecule has 0 radical (unpaired) electrons. The van der Waals surface area contributed by atoms with E-state index in [0.29, 0.717) is 11.5 Å². The first-order valence-corrected chi connectivity index (χ1v) is 6.32. The van der Waals surface area contributed by atoms with Gasteiger partial charge in [-0.25, -0.2) is 0 Å². The van der Waals surface area contributed by atoms with E-state index in [1.807, 2.05) is 0 Å². The van der Waals surface area contributed by atoms with Crippen molar-refractivity contribution in [3.05, 3.63) is 29.8 Å². The Morgan fingerprint density at radius 1 is 1.38 bits per heavy atom. The van der Waals surface area contributed by atoms with Crippen molar-refractivity contribution in [2.75, 3.05) is 5.33 Å². The minimum atomic E-state index is -0.113. The second kappa shape index (κ2) is 5.89. The second-order valence-corrected chi connectivity index (χ2v) is 4.67. The first-order valence-electron chi connectivity index (χ1n) is 5.20. The Hall–Kier alpha value is -1.03. The molecular formula is C12H16BrNO2. The maximum Gasteiger partial charge on any atom is 0.251 e. The molecule has 0 bridgehead atoms. The predicted molar refractivity (Wildman–Crippen MR) is 68.0 cm³/mol. The number of benzene rings is 1. The van der Waals surface area contributed by atoms with Gasteiger partial charge in [-0.2, -0.15) is 0 Å². The van der Waals surface area contributed by atoms with E-state index in [9.17, 15) is 4.79 Å². The summed E-state index contributed by atoms with van der Waals surface area (Å²) in [5, 5.41) is 12.8. The van der Waals surface area contributed by atoms with Gasteiger partial charge in [-0.1, -0.05) is 29.8 Å². The quantitative estimate of drug-likeness (QED) is 0.836. The van der Waals surface area contributed by atoms with Crippen LogP contribution in [0.5, 0.6) is 5.75 Å². The first-order chi connectivity index (χ1) is 7.54. The molecule has 1 rings (SSSR count). The molecule has 0 saturated carbocycles. The van der Waals surface area contributed by atoms with Gasteiger partial charge in [0, 0.05) is 16.9 Å². The summed E-state index contributed by atoms with van der Waals surface area (Å²) in [5.74, 6) is 0.427. The molecular weight excluding hydrogens is 270 g/mol. The molecule has 1 unspecified atom stereocenters. The van der Waals surface area contributed by atoms with Crippen molar-refractivity contribution < 1.29 is 9.90 Å². The minimum absolute atomic E-state index is 0.112. The van der Waals surface area contributed by atoms with E-state index in [-0.39, 0.29) is 17.7 Å². The van der Waals surface area contributed by atoms with Crippen LogP contribution < -0.4 is 5.32 Å². The summed E-state index contributed by atoms with van der Waals surface area (Å²) in [6.07, 6.45) is 0. The number of carbonyl (C=O) groups excluding carboxylic acids is 1. The number of phenolic OH excluding ortho intramolecular Hbond substituents is 1. The Morgan fingerprint density at radius 3 is 2.38 bits per heavy atom. The van der Waals surface area contributed by atoms with Gasteiger partial charge in [0.05, 0.1) is 0 Å². The summed E-state index contributed by atoms with van der Waals surface area (Å²) < 4.78 is 0. The zero-order valence-corrected chi connectivity index (χ0v) is 11.0. The van der Waals surface area contributed by atoms with Gasteiger partial charge in [0.25, 0.3) is 5.91 Å². The third-order valence-electron chi connectivity index (χ3n) is 2.42.